The van der Waals surface area contributed by atoms with Gasteiger partial charge in [0.15, 0.2) is 5.78 Å². The van der Waals surface area contributed by atoms with E-state index < -0.39 is 48.0 Å². The molecule has 1 aliphatic heterocycles. The normalized spacial score (nSPS) is 13.7. The first-order valence-corrected chi connectivity index (χ1v) is 16.1. The van der Waals surface area contributed by atoms with Crippen LogP contribution in [0.2, 0.25) is 0 Å². The van der Waals surface area contributed by atoms with Crippen molar-refractivity contribution < 1.29 is 38.4 Å². The molecule has 1 heterocycles. The van der Waals surface area contributed by atoms with E-state index in [0.717, 1.165) is 0 Å². The van der Waals surface area contributed by atoms with Crippen LogP contribution in [-0.4, -0.2) is 69.6 Å². The fraction of sp³-hybridized carbons (Fsp3) is 0.367. The van der Waals surface area contributed by atoms with Crippen LogP contribution in [0.1, 0.15) is 72.7 Å². The summed E-state index contributed by atoms with van der Waals surface area (Å²) < 4.78 is -0.112. The molecule has 3 rings (SSSR count). The topological polar surface area (TPSA) is 168 Å². The van der Waals surface area contributed by atoms with Crippen molar-refractivity contribution in [1.82, 2.24) is 21.0 Å². The van der Waals surface area contributed by atoms with E-state index in [-0.39, 0.29) is 47.8 Å². The van der Waals surface area contributed by atoms with Gasteiger partial charge in [-0.2, -0.15) is 0 Å². The molecule has 1 atom stereocenters. The molecule has 2 aromatic rings. The van der Waals surface area contributed by atoms with E-state index in [0.29, 0.717) is 16.2 Å². The Kier molecular flexibility index (Phi) is 12.5. The van der Waals surface area contributed by atoms with Crippen molar-refractivity contribution >= 4 is 62.9 Å². The lowest BCUT2D eigenvalue weighted by molar-refractivity contribution is -0.197. The van der Waals surface area contributed by atoms with E-state index in [1.807, 2.05) is 26.8 Å². The first kappa shape index (κ1) is 34.3. The third-order valence-corrected chi connectivity index (χ3v) is 9.26. The molecule has 2 aromatic carbocycles. The third kappa shape index (κ3) is 10.8. The summed E-state index contributed by atoms with van der Waals surface area (Å²) >= 11 is 0. The van der Waals surface area contributed by atoms with E-state index >= 15 is 0 Å². The molecule has 0 aliphatic carbocycles. The Morgan fingerprint density at radius 1 is 0.841 bits per heavy atom. The summed E-state index contributed by atoms with van der Waals surface area (Å²) in [5.74, 6) is -3.80. The van der Waals surface area contributed by atoms with Crippen LogP contribution in [0.4, 0.5) is 0 Å². The van der Waals surface area contributed by atoms with Crippen LogP contribution < -0.4 is 16.0 Å². The molecule has 0 aromatic heterocycles. The summed E-state index contributed by atoms with van der Waals surface area (Å²) in [6.07, 6.45) is -0.839. The number of rotatable bonds is 14. The monoisotopic (exact) mass is 642 g/mol. The van der Waals surface area contributed by atoms with Gasteiger partial charge in [0.1, 0.15) is 6.04 Å². The first-order valence-electron chi connectivity index (χ1n) is 13.8. The predicted octanol–water partition coefficient (Wildman–Crippen LogP) is 2.77. The zero-order chi connectivity index (χ0) is 32.3. The van der Waals surface area contributed by atoms with Crippen LogP contribution in [0.3, 0.4) is 0 Å². The third-order valence-electron chi connectivity index (χ3n) is 5.91. The van der Waals surface area contributed by atoms with Gasteiger partial charge in [-0.25, -0.2) is 4.79 Å². The van der Waals surface area contributed by atoms with Crippen LogP contribution in [0.15, 0.2) is 54.6 Å². The van der Waals surface area contributed by atoms with E-state index in [9.17, 15) is 33.6 Å². The van der Waals surface area contributed by atoms with E-state index in [4.69, 9.17) is 4.84 Å². The highest BCUT2D eigenvalue weighted by molar-refractivity contribution is 8.77. The van der Waals surface area contributed by atoms with Gasteiger partial charge in [0.2, 0.25) is 11.8 Å². The van der Waals surface area contributed by atoms with Gasteiger partial charge in [-0.1, -0.05) is 84.8 Å². The second-order valence-electron chi connectivity index (χ2n) is 10.6. The molecule has 14 heteroatoms. The number of nitrogens with one attached hydrogen (secondary N) is 3. The van der Waals surface area contributed by atoms with Crippen LogP contribution in [0.25, 0.3) is 0 Å². The summed E-state index contributed by atoms with van der Waals surface area (Å²) in [7, 11) is 2.89. The highest BCUT2D eigenvalue weighted by atomic mass is 33.1. The van der Waals surface area contributed by atoms with Gasteiger partial charge in [0, 0.05) is 46.5 Å². The highest BCUT2D eigenvalue weighted by Crippen LogP contribution is 2.35. The van der Waals surface area contributed by atoms with Gasteiger partial charge in [0.25, 0.3) is 17.7 Å². The number of carbonyl (C=O) groups excluding carboxylic acids is 7. The smallest absolute Gasteiger partial charge is 0.333 e. The van der Waals surface area contributed by atoms with Crippen molar-refractivity contribution in [2.24, 2.45) is 0 Å². The van der Waals surface area contributed by atoms with E-state index in [2.05, 4.69) is 16.0 Å². The fourth-order valence-corrected chi connectivity index (χ4v) is 6.18. The maximum absolute atomic E-state index is 12.9. The minimum absolute atomic E-state index is 0.0455. The zero-order valence-corrected chi connectivity index (χ0v) is 26.2. The SMILES string of the molecule is CC(C)(C)SSCC(NC(=O)CCC(=O)ON1C(=O)CCC1=O)C(=O)NCNC(=O)c1ccc(C(=O)c2ccccc2)cc1. The summed E-state index contributed by atoms with van der Waals surface area (Å²) in [4.78, 5) is 90.7. The minimum atomic E-state index is -0.986. The summed E-state index contributed by atoms with van der Waals surface area (Å²) in [6.45, 7) is 5.77. The van der Waals surface area contributed by atoms with Crippen LogP contribution in [-0.2, 0) is 28.8 Å². The van der Waals surface area contributed by atoms with Crippen LogP contribution >= 0.6 is 21.6 Å². The van der Waals surface area contributed by atoms with Gasteiger partial charge in [-0.05, 0) is 12.1 Å². The Morgan fingerprint density at radius 3 is 2.05 bits per heavy atom. The molecule has 1 unspecified atom stereocenters. The summed E-state index contributed by atoms with van der Waals surface area (Å²) in [6, 6.07) is 13.9. The molecule has 0 spiro atoms. The number of carbonyl (C=O) groups is 7. The lowest BCUT2D eigenvalue weighted by atomic mass is 10.0. The Hall–Kier alpha value is -4.17. The number of hydrogen-bond donors (Lipinski definition) is 3. The predicted molar refractivity (Wildman–Crippen MR) is 165 cm³/mol. The summed E-state index contributed by atoms with van der Waals surface area (Å²) in [5, 5.41) is 8.14. The molecule has 44 heavy (non-hydrogen) atoms. The van der Waals surface area contributed by atoms with Gasteiger partial charge >= 0.3 is 5.97 Å². The molecule has 12 nitrogen and oxygen atoms in total. The Morgan fingerprint density at radius 2 is 1.43 bits per heavy atom. The number of hydroxylamine groups is 2. The lowest BCUT2D eigenvalue weighted by Gasteiger charge is -2.21. The van der Waals surface area contributed by atoms with Crippen molar-refractivity contribution in [3.8, 4) is 0 Å². The standard InChI is InChI=1S/C30H34N4O8S2/c1-30(2,3)44-43-17-22(33-23(35)13-16-26(38)42-34-24(36)14-15-25(34)37)29(41)32-18-31-28(40)21-11-9-20(10-12-21)27(39)19-7-5-4-6-8-19/h4-12,22H,13-18H2,1-3H3,(H,31,40)(H,32,41)(H,33,35). The zero-order valence-electron chi connectivity index (χ0n) is 24.5. The van der Waals surface area contributed by atoms with Crippen molar-refractivity contribution in [2.75, 3.05) is 12.4 Å². The average Bonchev–Trinajstić information content (AvgIpc) is 3.31. The number of benzene rings is 2. The highest BCUT2D eigenvalue weighted by Gasteiger charge is 2.33. The quantitative estimate of drug-likeness (QED) is 0.121. The summed E-state index contributed by atoms with van der Waals surface area (Å²) in [5.41, 5.74) is 1.25. The van der Waals surface area contributed by atoms with Crippen LogP contribution in [0.5, 0.6) is 0 Å². The Labute approximate surface area is 262 Å². The molecule has 5 amide bonds. The fourth-order valence-electron chi connectivity index (χ4n) is 3.72. The molecule has 0 saturated carbocycles. The molecular weight excluding hydrogens is 608 g/mol. The molecule has 1 fully saturated rings. The number of hydrogen-bond acceptors (Lipinski definition) is 10. The first-order chi connectivity index (χ1) is 20.8. The number of nitrogens with zero attached hydrogens (tertiary/aromatic N) is 1. The number of amides is 5. The molecule has 0 radical (unpaired) electrons. The average molecular weight is 643 g/mol. The minimum Gasteiger partial charge on any atom is -0.343 e. The largest absolute Gasteiger partial charge is 0.343 e. The maximum atomic E-state index is 12.9. The van der Waals surface area contributed by atoms with Crippen molar-refractivity contribution in [3.63, 3.8) is 0 Å². The number of ketones is 1. The number of imide groups is 1. The molecular formula is C30H34N4O8S2. The van der Waals surface area contributed by atoms with Crippen LogP contribution in [0, 0.1) is 0 Å². The Bertz CT molecular complexity index is 1380. The molecule has 1 aliphatic rings. The van der Waals surface area contributed by atoms with Crippen molar-refractivity contribution in [2.45, 2.75) is 57.2 Å². The molecule has 0 bridgehead atoms. The van der Waals surface area contributed by atoms with Gasteiger partial charge < -0.3 is 20.8 Å². The molecule has 1 saturated heterocycles. The van der Waals surface area contributed by atoms with Gasteiger partial charge in [-0.3, -0.25) is 28.8 Å². The van der Waals surface area contributed by atoms with Gasteiger partial charge in [0.05, 0.1) is 13.1 Å². The second kappa shape index (κ2) is 16.1. The molecule has 3 N–H and O–H groups in total. The maximum Gasteiger partial charge on any atom is 0.333 e. The van der Waals surface area contributed by atoms with Crippen molar-refractivity contribution in [1.29, 1.82) is 0 Å². The Balaban J connectivity index is 1.50. The van der Waals surface area contributed by atoms with E-state index in [1.54, 1.807) is 36.4 Å². The van der Waals surface area contributed by atoms with E-state index in [1.165, 1.54) is 33.7 Å². The van der Waals surface area contributed by atoms with Gasteiger partial charge in [-0.15, -0.1) is 5.06 Å². The lowest BCUT2D eigenvalue weighted by Crippen LogP contribution is -2.50. The second-order valence-corrected chi connectivity index (χ2v) is 13.8. The molecule has 234 valence electrons. The van der Waals surface area contributed by atoms with Crippen molar-refractivity contribution in [3.05, 3.63) is 71.3 Å².